The summed E-state index contributed by atoms with van der Waals surface area (Å²) in [6.45, 7) is 0. The minimum atomic E-state index is -0.918. The lowest BCUT2D eigenvalue weighted by atomic mass is 10.2. The van der Waals surface area contributed by atoms with Crippen LogP contribution in [0.3, 0.4) is 0 Å². The van der Waals surface area contributed by atoms with Crippen LogP contribution in [-0.4, -0.2) is 34.3 Å². The molecule has 0 heterocycles. The first-order valence-corrected chi connectivity index (χ1v) is 5.06. The van der Waals surface area contributed by atoms with E-state index in [4.69, 9.17) is 5.11 Å². The summed E-state index contributed by atoms with van der Waals surface area (Å²) in [5, 5.41) is 14.1. The Bertz CT molecular complexity index is 192. The van der Waals surface area contributed by atoms with E-state index in [1.54, 1.807) is 11.8 Å². The Morgan fingerprint density at radius 2 is 2.58 bits per heavy atom. The number of thiocarbonyl (C=S) groups is 1. The number of nitrogens with one attached hydrogen (secondary N) is 1. The van der Waals surface area contributed by atoms with Crippen LogP contribution in [0.15, 0.2) is 5.10 Å². The van der Waals surface area contributed by atoms with Gasteiger partial charge in [-0.25, -0.2) is 4.79 Å². The Balaban J connectivity index is 3.86. The summed E-state index contributed by atoms with van der Waals surface area (Å²) in [5.74, 6) is -0.144. The number of carbonyl (C=O) groups is 1. The normalized spacial score (nSPS) is 11.4. The van der Waals surface area contributed by atoms with Crippen LogP contribution in [0.2, 0.25) is 0 Å². The smallest absolute Gasteiger partial charge is 0.327 e. The molecular weight excluding hydrogens is 196 g/mol. The number of hydrogen-bond donors (Lipinski definition) is 2. The number of nitrogens with zero attached hydrogens (tertiary/aromatic N) is 1. The molecular formula is C6H10N2O2S2. The van der Waals surface area contributed by atoms with Gasteiger partial charge in [-0.05, 0) is 30.6 Å². The summed E-state index contributed by atoms with van der Waals surface area (Å²) >= 11 is 5.88. The largest absolute Gasteiger partial charge is 0.480 e. The van der Waals surface area contributed by atoms with Gasteiger partial charge in [-0.15, -0.1) is 5.10 Å². The second-order valence-electron chi connectivity index (χ2n) is 2.00. The second kappa shape index (κ2) is 7.09. The molecule has 0 saturated carbocycles. The number of carboxylic acids is 1. The predicted molar refractivity (Wildman–Crippen MR) is 52.6 cm³/mol. The van der Waals surface area contributed by atoms with Crippen molar-refractivity contribution in [2.45, 2.75) is 12.5 Å². The van der Waals surface area contributed by atoms with Gasteiger partial charge in [-0.2, -0.15) is 11.8 Å². The molecule has 0 radical (unpaired) electrons. The van der Waals surface area contributed by atoms with Gasteiger partial charge >= 0.3 is 5.97 Å². The number of thioether (sulfide) groups is 1. The van der Waals surface area contributed by atoms with E-state index in [0.717, 1.165) is 5.75 Å². The zero-order valence-electron chi connectivity index (χ0n) is 6.61. The molecule has 0 amide bonds. The molecule has 0 bridgehead atoms. The number of aliphatic carboxylic acids is 1. The van der Waals surface area contributed by atoms with Crippen LogP contribution in [0.5, 0.6) is 0 Å². The van der Waals surface area contributed by atoms with Gasteiger partial charge in [-0.1, -0.05) is 0 Å². The van der Waals surface area contributed by atoms with Crippen LogP contribution in [-0.2, 0) is 4.79 Å². The summed E-state index contributed by atoms with van der Waals surface area (Å²) in [5.41, 5.74) is 2.40. The molecule has 1 atom stereocenters. The van der Waals surface area contributed by atoms with Crippen molar-refractivity contribution in [1.82, 2.24) is 5.43 Å². The van der Waals surface area contributed by atoms with Crippen LogP contribution in [0.1, 0.15) is 6.42 Å². The van der Waals surface area contributed by atoms with E-state index in [1.807, 2.05) is 6.26 Å². The van der Waals surface area contributed by atoms with Gasteiger partial charge in [0, 0.05) is 0 Å². The molecule has 0 aromatic heterocycles. The van der Waals surface area contributed by atoms with E-state index in [0.29, 0.717) is 6.42 Å². The molecule has 0 aliphatic carbocycles. The number of hydrogen-bond acceptors (Lipinski definition) is 5. The van der Waals surface area contributed by atoms with Crippen LogP contribution in [0.25, 0.3) is 0 Å². The van der Waals surface area contributed by atoms with Crippen molar-refractivity contribution < 1.29 is 9.90 Å². The first kappa shape index (κ1) is 11.4. The Morgan fingerprint density at radius 1 is 1.92 bits per heavy atom. The summed E-state index contributed by atoms with van der Waals surface area (Å²) in [4.78, 5) is 10.5. The molecule has 4 nitrogen and oxygen atoms in total. The Kier molecular flexibility index (Phi) is 6.75. The maximum atomic E-state index is 10.5. The molecule has 0 fully saturated rings. The molecule has 68 valence electrons. The zero-order chi connectivity index (χ0) is 9.40. The quantitative estimate of drug-likeness (QED) is 0.382. The summed E-state index contributed by atoms with van der Waals surface area (Å²) in [6.07, 6.45) is 2.44. The van der Waals surface area contributed by atoms with E-state index < -0.39 is 12.0 Å². The predicted octanol–water partition coefficient (Wildman–Crippen LogP) is 0.800. The van der Waals surface area contributed by atoms with E-state index in [9.17, 15) is 4.79 Å². The molecule has 0 rings (SSSR count). The molecule has 2 N–H and O–H groups in total. The monoisotopic (exact) mass is 206 g/mol. The Hall–Kier alpha value is -0.580. The first-order valence-electron chi connectivity index (χ1n) is 3.26. The van der Waals surface area contributed by atoms with Gasteiger partial charge in [0.15, 0.2) is 0 Å². The van der Waals surface area contributed by atoms with Crippen molar-refractivity contribution in [2.75, 3.05) is 12.0 Å². The summed E-state index contributed by atoms with van der Waals surface area (Å²) in [6, 6.07) is -0.659. The lowest BCUT2D eigenvalue weighted by molar-refractivity contribution is -0.139. The number of hydrazone groups is 1. The van der Waals surface area contributed by atoms with Crippen molar-refractivity contribution in [3.8, 4) is 0 Å². The second-order valence-corrected chi connectivity index (χ2v) is 3.17. The minimum Gasteiger partial charge on any atom is -0.480 e. The van der Waals surface area contributed by atoms with Gasteiger partial charge in [0.1, 0.15) is 6.04 Å². The van der Waals surface area contributed by atoms with Crippen LogP contribution in [0.4, 0.5) is 0 Å². The van der Waals surface area contributed by atoms with Gasteiger partial charge in [-0.3, -0.25) is 5.43 Å². The molecule has 0 unspecified atom stereocenters. The highest BCUT2D eigenvalue weighted by molar-refractivity contribution is 7.98. The van der Waals surface area contributed by atoms with Crippen molar-refractivity contribution in [3.05, 3.63) is 0 Å². The third kappa shape index (κ3) is 5.12. The SMILES string of the molecule is CSCC[C@H](NN=C=S)C(=O)O. The minimum absolute atomic E-state index is 0.525. The fourth-order valence-corrected chi connectivity index (χ4v) is 1.11. The Labute approximate surface area is 80.4 Å². The van der Waals surface area contributed by atoms with Gasteiger partial charge in [0.2, 0.25) is 0 Å². The van der Waals surface area contributed by atoms with Gasteiger partial charge in [0.25, 0.3) is 0 Å². The fraction of sp³-hybridized carbons (Fsp3) is 0.667. The van der Waals surface area contributed by atoms with Crippen molar-refractivity contribution in [1.29, 1.82) is 0 Å². The first-order chi connectivity index (χ1) is 5.72. The highest BCUT2D eigenvalue weighted by Gasteiger charge is 2.14. The molecule has 6 heteroatoms. The molecule has 0 aliphatic rings. The van der Waals surface area contributed by atoms with Crippen LogP contribution >= 0.6 is 24.0 Å². The molecule has 0 saturated heterocycles. The summed E-state index contributed by atoms with van der Waals surface area (Å²) < 4.78 is 0. The Morgan fingerprint density at radius 3 is 3.00 bits per heavy atom. The maximum absolute atomic E-state index is 10.5. The van der Waals surface area contributed by atoms with E-state index in [1.165, 1.54) is 0 Å². The van der Waals surface area contributed by atoms with Crippen LogP contribution in [0, 0.1) is 0 Å². The van der Waals surface area contributed by atoms with E-state index in [2.05, 4.69) is 27.9 Å². The molecule has 12 heavy (non-hydrogen) atoms. The van der Waals surface area contributed by atoms with Crippen LogP contribution < -0.4 is 5.43 Å². The lowest BCUT2D eigenvalue weighted by Crippen LogP contribution is -2.33. The highest BCUT2D eigenvalue weighted by atomic mass is 32.2. The van der Waals surface area contributed by atoms with Crippen molar-refractivity contribution in [3.63, 3.8) is 0 Å². The summed E-state index contributed by atoms with van der Waals surface area (Å²) in [7, 11) is 0. The van der Waals surface area contributed by atoms with Crippen molar-refractivity contribution in [2.24, 2.45) is 5.10 Å². The van der Waals surface area contributed by atoms with E-state index >= 15 is 0 Å². The number of rotatable bonds is 6. The standard InChI is InChI=1S/C6H10N2O2S2/c1-12-3-2-5(6(9)10)8-7-4-11/h5,8H,2-3H2,1H3,(H,9,10)/t5-/m0/s1. The molecule has 0 aliphatic heterocycles. The molecule has 0 aromatic carbocycles. The molecule has 0 spiro atoms. The van der Waals surface area contributed by atoms with Gasteiger partial charge < -0.3 is 5.11 Å². The average Bonchev–Trinajstić information content (AvgIpc) is 2.04. The third-order valence-electron chi connectivity index (χ3n) is 1.17. The topological polar surface area (TPSA) is 61.7 Å². The average molecular weight is 206 g/mol. The zero-order valence-corrected chi connectivity index (χ0v) is 8.24. The number of isothiocyanates is 1. The van der Waals surface area contributed by atoms with E-state index in [-0.39, 0.29) is 0 Å². The van der Waals surface area contributed by atoms with Gasteiger partial charge in [0.05, 0.1) is 5.16 Å². The molecule has 0 aromatic rings. The maximum Gasteiger partial charge on any atom is 0.327 e. The van der Waals surface area contributed by atoms with Crippen molar-refractivity contribution >= 4 is 35.1 Å². The fourth-order valence-electron chi connectivity index (χ4n) is 0.583. The highest BCUT2D eigenvalue weighted by Crippen LogP contribution is 2.00. The third-order valence-corrected chi connectivity index (χ3v) is 1.91. The number of carboxylic acid groups (broad SMARTS) is 1. The lowest BCUT2D eigenvalue weighted by Gasteiger charge is -2.08.